The van der Waals surface area contributed by atoms with Crippen LogP contribution in [0, 0.1) is 0 Å². The lowest BCUT2D eigenvalue weighted by Gasteiger charge is -2.25. The van der Waals surface area contributed by atoms with Crippen LogP contribution in [0.25, 0.3) is 5.65 Å². The Kier molecular flexibility index (Phi) is 4.02. The molecule has 0 unspecified atom stereocenters. The van der Waals surface area contributed by atoms with Crippen LogP contribution in [0.5, 0.6) is 5.75 Å². The number of para-hydroxylation sites is 1. The van der Waals surface area contributed by atoms with Crippen LogP contribution in [0.4, 0.5) is 5.82 Å². The number of ether oxygens (including phenoxy) is 1. The maximum Gasteiger partial charge on any atom is 0.178 e. The topological polar surface area (TPSA) is 55.5 Å². The standard InChI is InChI=1S/C18H21N5O/c1-2-16-19-20-17-10-11-18(21-23(16)17)22-12-6-7-14(22)13-24-15-8-4-3-5-9-15/h3-5,8-11,14H,2,6-7,12-13H2,1H3/t14-/m0/s1. The van der Waals surface area contributed by atoms with E-state index in [1.165, 1.54) is 0 Å². The van der Waals surface area contributed by atoms with Crippen LogP contribution >= 0.6 is 0 Å². The van der Waals surface area contributed by atoms with Gasteiger partial charge in [-0.15, -0.1) is 15.3 Å². The van der Waals surface area contributed by atoms with E-state index in [0.717, 1.165) is 48.8 Å². The summed E-state index contributed by atoms with van der Waals surface area (Å²) in [6.45, 7) is 3.74. The molecular weight excluding hydrogens is 302 g/mol. The lowest BCUT2D eigenvalue weighted by molar-refractivity contribution is 0.288. The van der Waals surface area contributed by atoms with Gasteiger partial charge in [-0.1, -0.05) is 25.1 Å². The lowest BCUT2D eigenvalue weighted by Crippen LogP contribution is -2.35. The fourth-order valence-electron chi connectivity index (χ4n) is 3.22. The number of hydrogen-bond acceptors (Lipinski definition) is 5. The molecule has 0 spiro atoms. The van der Waals surface area contributed by atoms with Crippen molar-refractivity contribution in [1.82, 2.24) is 19.8 Å². The van der Waals surface area contributed by atoms with Gasteiger partial charge in [-0.05, 0) is 37.1 Å². The van der Waals surface area contributed by atoms with Crippen LogP contribution in [0.15, 0.2) is 42.5 Å². The number of anilines is 1. The molecule has 1 aliphatic heterocycles. The molecule has 0 N–H and O–H groups in total. The van der Waals surface area contributed by atoms with Gasteiger partial charge in [0, 0.05) is 13.0 Å². The molecule has 0 saturated carbocycles. The van der Waals surface area contributed by atoms with Crippen LogP contribution < -0.4 is 9.64 Å². The van der Waals surface area contributed by atoms with Crippen molar-refractivity contribution >= 4 is 11.5 Å². The van der Waals surface area contributed by atoms with Gasteiger partial charge in [0.05, 0.1) is 6.04 Å². The number of nitrogens with zero attached hydrogens (tertiary/aromatic N) is 5. The lowest BCUT2D eigenvalue weighted by atomic mass is 10.2. The summed E-state index contributed by atoms with van der Waals surface area (Å²) >= 11 is 0. The normalized spacial score (nSPS) is 17.5. The molecule has 0 bridgehead atoms. The number of fused-ring (bicyclic) bond motifs is 1. The number of benzene rings is 1. The van der Waals surface area contributed by atoms with Crippen molar-refractivity contribution in [1.29, 1.82) is 0 Å². The molecule has 6 heteroatoms. The van der Waals surface area contributed by atoms with Gasteiger partial charge in [0.1, 0.15) is 18.2 Å². The Morgan fingerprint density at radius 1 is 1.12 bits per heavy atom. The van der Waals surface area contributed by atoms with Gasteiger partial charge in [-0.25, -0.2) is 0 Å². The molecule has 4 rings (SSSR count). The second-order valence-corrected chi connectivity index (χ2v) is 6.04. The highest BCUT2D eigenvalue weighted by Gasteiger charge is 2.27. The van der Waals surface area contributed by atoms with Gasteiger partial charge < -0.3 is 9.64 Å². The monoisotopic (exact) mass is 323 g/mol. The van der Waals surface area contributed by atoms with E-state index < -0.39 is 0 Å². The molecule has 24 heavy (non-hydrogen) atoms. The number of rotatable bonds is 5. The second-order valence-electron chi connectivity index (χ2n) is 6.04. The Morgan fingerprint density at radius 3 is 2.83 bits per heavy atom. The zero-order chi connectivity index (χ0) is 16.4. The maximum atomic E-state index is 5.96. The van der Waals surface area contributed by atoms with Gasteiger partial charge in [-0.2, -0.15) is 4.52 Å². The Bertz CT molecular complexity index is 817. The van der Waals surface area contributed by atoms with Crippen LogP contribution in [-0.2, 0) is 6.42 Å². The third-order valence-electron chi connectivity index (χ3n) is 4.49. The average Bonchev–Trinajstić information content (AvgIpc) is 3.26. The van der Waals surface area contributed by atoms with Crippen LogP contribution in [0.2, 0.25) is 0 Å². The summed E-state index contributed by atoms with van der Waals surface area (Å²) in [6.07, 6.45) is 3.10. The minimum Gasteiger partial charge on any atom is -0.491 e. The molecule has 2 aromatic heterocycles. The maximum absolute atomic E-state index is 5.96. The summed E-state index contributed by atoms with van der Waals surface area (Å²) in [5.74, 6) is 2.78. The minimum atomic E-state index is 0.344. The molecule has 1 aromatic carbocycles. The summed E-state index contributed by atoms with van der Waals surface area (Å²) in [5, 5.41) is 13.1. The first-order valence-corrected chi connectivity index (χ1v) is 8.51. The second kappa shape index (κ2) is 6.47. The van der Waals surface area contributed by atoms with Crippen molar-refractivity contribution in [2.75, 3.05) is 18.1 Å². The van der Waals surface area contributed by atoms with E-state index in [9.17, 15) is 0 Å². The summed E-state index contributed by atoms with van der Waals surface area (Å²) in [5.41, 5.74) is 0.798. The Morgan fingerprint density at radius 2 is 2.00 bits per heavy atom. The molecule has 124 valence electrons. The highest BCUT2D eigenvalue weighted by atomic mass is 16.5. The Hall–Kier alpha value is -2.63. The first-order chi connectivity index (χ1) is 11.8. The van der Waals surface area contributed by atoms with E-state index in [1.54, 1.807) is 0 Å². The third-order valence-corrected chi connectivity index (χ3v) is 4.49. The fourth-order valence-corrected chi connectivity index (χ4v) is 3.22. The molecule has 6 nitrogen and oxygen atoms in total. The summed E-state index contributed by atoms with van der Waals surface area (Å²) in [4.78, 5) is 2.34. The molecule has 1 fully saturated rings. The summed E-state index contributed by atoms with van der Waals surface area (Å²) < 4.78 is 7.81. The molecule has 0 aliphatic carbocycles. The van der Waals surface area contributed by atoms with E-state index in [4.69, 9.17) is 9.84 Å². The first kappa shape index (κ1) is 14.9. The molecule has 0 amide bonds. The highest BCUT2D eigenvalue weighted by molar-refractivity contribution is 5.47. The largest absolute Gasteiger partial charge is 0.491 e. The van der Waals surface area contributed by atoms with E-state index in [0.29, 0.717) is 12.6 Å². The number of hydrogen-bond donors (Lipinski definition) is 0. The number of aromatic nitrogens is 4. The predicted molar refractivity (Wildman–Crippen MR) is 92.5 cm³/mol. The average molecular weight is 323 g/mol. The van der Waals surface area contributed by atoms with E-state index >= 15 is 0 Å². The van der Waals surface area contributed by atoms with Gasteiger partial charge in [0.2, 0.25) is 0 Å². The molecule has 1 atom stereocenters. The summed E-state index contributed by atoms with van der Waals surface area (Å²) in [7, 11) is 0. The minimum absolute atomic E-state index is 0.344. The van der Waals surface area contributed by atoms with Crippen molar-refractivity contribution < 1.29 is 4.74 Å². The van der Waals surface area contributed by atoms with E-state index in [2.05, 4.69) is 22.0 Å². The fraction of sp³-hybridized carbons (Fsp3) is 0.389. The van der Waals surface area contributed by atoms with Crippen molar-refractivity contribution in [2.24, 2.45) is 0 Å². The first-order valence-electron chi connectivity index (χ1n) is 8.51. The Balaban J connectivity index is 1.53. The SMILES string of the molecule is CCc1nnc2ccc(N3CCC[C@H]3COc3ccccc3)nn12. The summed E-state index contributed by atoms with van der Waals surface area (Å²) in [6, 6.07) is 14.3. The van der Waals surface area contributed by atoms with E-state index in [1.807, 2.05) is 47.0 Å². The molecule has 1 aliphatic rings. The third kappa shape index (κ3) is 2.79. The van der Waals surface area contributed by atoms with E-state index in [-0.39, 0.29) is 0 Å². The predicted octanol–water partition coefficient (Wildman–Crippen LogP) is 2.73. The molecule has 0 radical (unpaired) electrons. The zero-order valence-corrected chi connectivity index (χ0v) is 13.8. The van der Waals surface area contributed by atoms with Gasteiger partial charge in [0.25, 0.3) is 0 Å². The molecule has 1 saturated heterocycles. The van der Waals surface area contributed by atoms with Gasteiger partial charge >= 0.3 is 0 Å². The molecule has 3 heterocycles. The van der Waals surface area contributed by atoms with Crippen molar-refractivity contribution in [3.05, 3.63) is 48.3 Å². The van der Waals surface area contributed by atoms with Gasteiger partial charge in [-0.3, -0.25) is 0 Å². The van der Waals surface area contributed by atoms with Crippen LogP contribution in [-0.4, -0.2) is 39.0 Å². The van der Waals surface area contributed by atoms with Crippen LogP contribution in [0.3, 0.4) is 0 Å². The van der Waals surface area contributed by atoms with Gasteiger partial charge in [0.15, 0.2) is 11.5 Å². The van der Waals surface area contributed by atoms with Crippen molar-refractivity contribution in [3.8, 4) is 5.75 Å². The Labute approximate surface area is 141 Å². The zero-order valence-electron chi connectivity index (χ0n) is 13.8. The molecular formula is C18H21N5O. The molecule has 3 aromatic rings. The van der Waals surface area contributed by atoms with Crippen molar-refractivity contribution in [3.63, 3.8) is 0 Å². The van der Waals surface area contributed by atoms with Crippen molar-refractivity contribution in [2.45, 2.75) is 32.2 Å². The van der Waals surface area contributed by atoms with Crippen LogP contribution in [0.1, 0.15) is 25.6 Å². The highest BCUT2D eigenvalue weighted by Crippen LogP contribution is 2.25. The smallest absolute Gasteiger partial charge is 0.178 e. The quantitative estimate of drug-likeness (QED) is 0.722. The number of aryl methyl sites for hydroxylation is 1.